The highest BCUT2D eigenvalue weighted by atomic mass is 16.5. The van der Waals surface area contributed by atoms with Gasteiger partial charge >= 0.3 is 0 Å². The van der Waals surface area contributed by atoms with E-state index in [-0.39, 0.29) is 5.56 Å². The first-order chi connectivity index (χ1) is 9.13. The first-order valence-corrected chi connectivity index (χ1v) is 6.03. The van der Waals surface area contributed by atoms with Crippen molar-refractivity contribution in [3.05, 3.63) is 57.8 Å². The first kappa shape index (κ1) is 13.3. The zero-order valence-corrected chi connectivity index (χ0v) is 11.1. The van der Waals surface area contributed by atoms with E-state index in [9.17, 15) is 4.79 Å². The molecule has 5 heteroatoms. The molecule has 2 N–H and O–H groups in total. The van der Waals surface area contributed by atoms with Gasteiger partial charge in [0.1, 0.15) is 5.75 Å². The maximum atomic E-state index is 11.9. The zero-order chi connectivity index (χ0) is 13.8. The van der Waals surface area contributed by atoms with Crippen LogP contribution in [0.5, 0.6) is 5.75 Å². The van der Waals surface area contributed by atoms with Crippen molar-refractivity contribution in [3.8, 4) is 5.75 Å². The van der Waals surface area contributed by atoms with Gasteiger partial charge in [0.2, 0.25) is 0 Å². The van der Waals surface area contributed by atoms with Crippen molar-refractivity contribution in [1.82, 2.24) is 9.55 Å². The molecule has 1 aromatic heterocycles. The van der Waals surface area contributed by atoms with Gasteiger partial charge in [-0.1, -0.05) is 6.07 Å². The summed E-state index contributed by atoms with van der Waals surface area (Å²) in [5.41, 5.74) is 8.19. The molecule has 2 rings (SSSR count). The SMILES string of the molecule is COc1ccc(CN)cc1Cn1cnc(C)cc1=O. The predicted molar refractivity (Wildman–Crippen MR) is 73.2 cm³/mol. The van der Waals surface area contributed by atoms with Crippen LogP contribution in [0.4, 0.5) is 0 Å². The maximum Gasteiger partial charge on any atom is 0.253 e. The first-order valence-electron chi connectivity index (χ1n) is 6.03. The standard InChI is InChI=1S/C14H17N3O2/c1-10-5-14(18)17(9-16-10)8-12-6-11(7-15)3-4-13(12)19-2/h3-6,9H,7-8,15H2,1-2H3. The summed E-state index contributed by atoms with van der Waals surface area (Å²) in [6.45, 7) is 2.67. The maximum absolute atomic E-state index is 11.9. The Bertz CT molecular complexity index is 635. The number of hydrogen-bond donors (Lipinski definition) is 1. The number of rotatable bonds is 4. The molecule has 1 aromatic carbocycles. The van der Waals surface area contributed by atoms with E-state index in [0.29, 0.717) is 18.8 Å². The number of benzene rings is 1. The van der Waals surface area contributed by atoms with Gasteiger partial charge in [-0.05, 0) is 24.6 Å². The van der Waals surface area contributed by atoms with Gasteiger partial charge in [0, 0.05) is 23.9 Å². The number of nitrogens with zero attached hydrogens (tertiary/aromatic N) is 2. The Balaban J connectivity index is 2.39. The summed E-state index contributed by atoms with van der Waals surface area (Å²) in [4.78, 5) is 16.0. The molecule has 0 fully saturated rings. The van der Waals surface area contributed by atoms with Crippen LogP contribution < -0.4 is 16.0 Å². The zero-order valence-electron chi connectivity index (χ0n) is 11.1. The van der Waals surface area contributed by atoms with Gasteiger partial charge in [-0.3, -0.25) is 9.36 Å². The van der Waals surface area contributed by atoms with E-state index in [4.69, 9.17) is 10.5 Å². The van der Waals surface area contributed by atoms with Crippen LogP contribution in [0.3, 0.4) is 0 Å². The normalized spacial score (nSPS) is 10.5. The molecule has 5 nitrogen and oxygen atoms in total. The minimum Gasteiger partial charge on any atom is -0.496 e. The molecule has 0 saturated heterocycles. The van der Waals surface area contributed by atoms with E-state index in [1.165, 1.54) is 6.07 Å². The minimum absolute atomic E-state index is 0.0762. The summed E-state index contributed by atoms with van der Waals surface area (Å²) in [7, 11) is 1.61. The van der Waals surface area contributed by atoms with Crippen LogP contribution in [0.1, 0.15) is 16.8 Å². The number of ether oxygens (including phenoxy) is 1. The van der Waals surface area contributed by atoms with Crippen LogP contribution >= 0.6 is 0 Å². The topological polar surface area (TPSA) is 70.1 Å². The highest BCUT2D eigenvalue weighted by Gasteiger charge is 2.06. The van der Waals surface area contributed by atoms with E-state index in [1.807, 2.05) is 18.2 Å². The second kappa shape index (κ2) is 5.67. The van der Waals surface area contributed by atoms with E-state index in [1.54, 1.807) is 24.9 Å². The van der Waals surface area contributed by atoms with E-state index in [2.05, 4.69) is 4.98 Å². The molecule has 19 heavy (non-hydrogen) atoms. The fourth-order valence-electron chi connectivity index (χ4n) is 1.90. The van der Waals surface area contributed by atoms with Gasteiger partial charge in [-0.25, -0.2) is 4.98 Å². The molecule has 0 aliphatic carbocycles. The molecule has 1 heterocycles. The Hall–Kier alpha value is -2.14. The van der Waals surface area contributed by atoms with Crippen LogP contribution in [-0.2, 0) is 13.1 Å². The highest BCUT2D eigenvalue weighted by molar-refractivity contribution is 5.37. The summed E-state index contributed by atoms with van der Waals surface area (Å²) < 4.78 is 6.85. The molecule has 100 valence electrons. The number of aryl methyl sites for hydroxylation is 1. The molecule has 0 aliphatic heterocycles. The number of aromatic nitrogens is 2. The Kier molecular flexibility index (Phi) is 3.97. The third-order valence-corrected chi connectivity index (χ3v) is 2.94. The molecule has 0 saturated carbocycles. The Morgan fingerprint density at radius 2 is 2.16 bits per heavy atom. The van der Waals surface area contributed by atoms with Crippen molar-refractivity contribution in [2.24, 2.45) is 5.73 Å². The molecule has 2 aromatic rings. The molecule has 0 radical (unpaired) electrons. The fraction of sp³-hybridized carbons (Fsp3) is 0.286. The molecule has 0 aliphatic rings. The minimum atomic E-state index is -0.0762. The van der Waals surface area contributed by atoms with Crippen LogP contribution in [0.25, 0.3) is 0 Å². The van der Waals surface area contributed by atoms with Gasteiger partial charge in [0.05, 0.1) is 20.0 Å². The lowest BCUT2D eigenvalue weighted by Gasteiger charge is -2.11. The highest BCUT2D eigenvalue weighted by Crippen LogP contribution is 2.20. The van der Waals surface area contributed by atoms with Gasteiger partial charge in [0.15, 0.2) is 0 Å². The quantitative estimate of drug-likeness (QED) is 0.891. The molecule has 0 amide bonds. The van der Waals surface area contributed by atoms with E-state index >= 15 is 0 Å². The van der Waals surface area contributed by atoms with E-state index in [0.717, 1.165) is 16.9 Å². The third-order valence-electron chi connectivity index (χ3n) is 2.94. The summed E-state index contributed by atoms with van der Waals surface area (Å²) in [6, 6.07) is 7.24. The number of nitrogens with two attached hydrogens (primary N) is 1. The lowest BCUT2D eigenvalue weighted by Crippen LogP contribution is -2.21. The van der Waals surface area contributed by atoms with Crippen molar-refractivity contribution in [2.75, 3.05) is 7.11 Å². The largest absolute Gasteiger partial charge is 0.496 e. The summed E-state index contributed by atoms with van der Waals surface area (Å²) in [5, 5.41) is 0. The van der Waals surface area contributed by atoms with Crippen molar-refractivity contribution in [1.29, 1.82) is 0 Å². The average Bonchev–Trinajstić information content (AvgIpc) is 2.41. The molecule has 0 unspecified atom stereocenters. The molecular weight excluding hydrogens is 242 g/mol. The second-order valence-corrected chi connectivity index (χ2v) is 4.35. The van der Waals surface area contributed by atoms with Gasteiger partial charge in [-0.15, -0.1) is 0 Å². The van der Waals surface area contributed by atoms with Crippen LogP contribution in [-0.4, -0.2) is 16.7 Å². The smallest absolute Gasteiger partial charge is 0.253 e. The predicted octanol–water partition coefficient (Wildman–Crippen LogP) is 1.07. The van der Waals surface area contributed by atoms with E-state index < -0.39 is 0 Å². The molecule has 0 spiro atoms. The van der Waals surface area contributed by atoms with Crippen molar-refractivity contribution in [3.63, 3.8) is 0 Å². The summed E-state index contributed by atoms with van der Waals surface area (Å²) in [5.74, 6) is 0.740. The molecule has 0 atom stereocenters. The summed E-state index contributed by atoms with van der Waals surface area (Å²) in [6.07, 6.45) is 1.55. The van der Waals surface area contributed by atoms with Gasteiger partial charge in [-0.2, -0.15) is 0 Å². The van der Waals surface area contributed by atoms with Gasteiger partial charge in [0.25, 0.3) is 5.56 Å². The Morgan fingerprint density at radius 1 is 1.37 bits per heavy atom. The van der Waals surface area contributed by atoms with Crippen molar-refractivity contribution >= 4 is 0 Å². The number of methoxy groups -OCH3 is 1. The summed E-state index contributed by atoms with van der Waals surface area (Å²) >= 11 is 0. The van der Waals surface area contributed by atoms with Crippen molar-refractivity contribution in [2.45, 2.75) is 20.0 Å². The number of hydrogen-bond acceptors (Lipinski definition) is 4. The molecular formula is C14H17N3O2. The second-order valence-electron chi connectivity index (χ2n) is 4.35. The third kappa shape index (κ3) is 3.00. The fourth-order valence-corrected chi connectivity index (χ4v) is 1.90. The van der Waals surface area contributed by atoms with Gasteiger partial charge < -0.3 is 10.5 Å². The monoisotopic (exact) mass is 259 g/mol. The Morgan fingerprint density at radius 3 is 2.79 bits per heavy atom. The average molecular weight is 259 g/mol. The lowest BCUT2D eigenvalue weighted by atomic mass is 10.1. The van der Waals surface area contributed by atoms with Crippen LogP contribution in [0.2, 0.25) is 0 Å². The van der Waals surface area contributed by atoms with Crippen LogP contribution in [0, 0.1) is 6.92 Å². The van der Waals surface area contributed by atoms with Crippen LogP contribution in [0.15, 0.2) is 35.4 Å². The van der Waals surface area contributed by atoms with Crippen molar-refractivity contribution < 1.29 is 4.74 Å². The lowest BCUT2D eigenvalue weighted by molar-refractivity contribution is 0.408. The Labute approximate surface area is 111 Å². The molecule has 0 bridgehead atoms.